The zero-order chi connectivity index (χ0) is 35.8. The van der Waals surface area contributed by atoms with Crippen LogP contribution in [0.3, 0.4) is 0 Å². The fourth-order valence-electron chi connectivity index (χ4n) is 10.6. The van der Waals surface area contributed by atoms with Crippen LogP contribution in [-0.4, -0.2) is 0 Å². The van der Waals surface area contributed by atoms with Crippen molar-refractivity contribution in [3.63, 3.8) is 0 Å². The molecule has 0 saturated heterocycles. The van der Waals surface area contributed by atoms with Gasteiger partial charge in [-0.2, -0.15) is 0 Å². The van der Waals surface area contributed by atoms with Gasteiger partial charge in [0.2, 0.25) is 0 Å². The summed E-state index contributed by atoms with van der Waals surface area (Å²) in [5.41, 5.74) is 20.8. The molecule has 0 radical (unpaired) electrons. The minimum Gasteiger partial charge on any atom is -0.0619 e. The van der Waals surface area contributed by atoms with Crippen LogP contribution in [0.2, 0.25) is 0 Å². The average Bonchev–Trinajstić information content (AvgIpc) is 3.84. The van der Waals surface area contributed by atoms with Gasteiger partial charge in [0.15, 0.2) is 0 Å². The second kappa shape index (κ2) is 10.6. The van der Waals surface area contributed by atoms with E-state index in [-0.39, 0.29) is 5.41 Å². The summed E-state index contributed by atoms with van der Waals surface area (Å²) < 4.78 is 0. The Balaban J connectivity index is 0.970. The third kappa shape index (κ3) is 3.76. The van der Waals surface area contributed by atoms with Crippen LogP contribution in [0.15, 0.2) is 194 Å². The first-order chi connectivity index (χ1) is 27.3. The summed E-state index contributed by atoms with van der Waals surface area (Å²) in [6.45, 7) is 0. The minimum atomic E-state index is -0.380. The molecule has 0 N–H and O–H groups in total. The topological polar surface area (TPSA) is 0 Å². The average molecular weight is 693 g/mol. The maximum absolute atomic E-state index is 2.51. The molecule has 0 heteroatoms. The molecule has 0 atom stereocenters. The predicted octanol–water partition coefficient (Wildman–Crippen LogP) is 14.5. The van der Waals surface area contributed by atoms with E-state index in [1.54, 1.807) is 0 Å². The lowest BCUT2D eigenvalue weighted by atomic mass is 9.70. The summed E-state index contributed by atoms with van der Waals surface area (Å²) in [6.07, 6.45) is 0. The molecule has 3 aliphatic rings. The Morgan fingerprint density at radius 3 is 1.42 bits per heavy atom. The molecule has 55 heavy (non-hydrogen) atoms. The van der Waals surface area contributed by atoms with Gasteiger partial charge in [0, 0.05) is 0 Å². The highest BCUT2D eigenvalue weighted by Gasteiger charge is 2.51. The van der Waals surface area contributed by atoms with Crippen LogP contribution in [0.4, 0.5) is 0 Å². The van der Waals surface area contributed by atoms with Gasteiger partial charge in [-0.05, 0) is 152 Å². The third-order valence-corrected chi connectivity index (χ3v) is 13.0. The zero-order valence-electron chi connectivity index (χ0n) is 30.0. The van der Waals surface area contributed by atoms with Gasteiger partial charge in [0.1, 0.15) is 0 Å². The summed E-state index contributed by atoms with van der Waals surface area (Å²) in [5, 5.41) is 7.79. The quantitative estimate of drug-likeness (QED) is 0.169. The highest BCUT2D eigenvalue weighted by molar-refractivity contribution is 6.18. The van der Waals surface area contributed by atoms with Gasteiger partial charge in [0.25, 0.3) is 0 Å². The van der Waals surface area contributed by atoms with E-state index in [9.17, 15) is 0 Å². The van der Waals surface area contributed by atoms with Crippen molar-refractivity contribution in [2.75, 3.05) is 0 Å². The Hall–Kier alpha value is -7.02. The van der Waals surface area contributed by atoms with Gasteiger partial charge >= 0.3 is 0 Å². The van der Waals surface area contributed by atoms with Crippen LogP contribution in [0.5, 0.6) is 0 Å². The Kier molecular flexibility index (Phi) is 5.65. The molecule has 10 aromatic carbocycles. The van der Waals surface area contributed by atoms with E-state index in [4.69, 9.17) is 0 Å². The molecule has 0 aromatic heterocycles. The molecule has 0 unspecified atom stereocenters. The molecule has 0 amide bonds. The maximum atomic E-state index is 2.51. The van der Waals surface area contributed by atoms with Crippen molar-refractivity contribution in [3.05, 3.63) is 216 Å². The Morgan fingerprint density at radius 2 is 0.727 bits per heavy atom. The van der Waals surface area contributed by atoms with E-state index in [1.165, 1.54) is 121 Å². The summed E-state index contributed by atoms with van der Waals surface area (Å²) >= 11 is 0. The van der Waals surface area contributed by atoms with Gasteiger partial charge in [-0.15, -0.1) is 0 Å². The highest BCUT2D eigenvalue weighted by atomic mass is 14.5. The number of fused-ring (bicyclic) bond motifs is 15. The fraction of sp³-hybridized carbons (Fsp3) is 0.0182. The summed E-state index contributed by atoms with van der Waals surface area (Å²) in [6, 6.07) is 73.3. The van der Waals surface area contributed by atoms with Crippen molar-refractivity contribution < 1.29 is 0 Å². The van der Waals surface area contributed by atoms with Crippen LogP contribution in [-0.2, 0) is 5.41 Å². The van der Waals surface area contributed by atoms with E-state index in [1.807, 2.05) is 0 Å². The van der Waals surface area contributed by atoms with E-state index >= 15 is 0 Å². The smallest absolute Gasteiger partial charge is 0.0619 e. The lowest BCUT2D eigenvalue weighted by Gasteiger charge is -2.30. The number of hydrogen-bond donors (Lipinski definition) is 0. The molecule has 0 nitrogen and oxygen atoms in total. The van der Waals surface area contributed by atoms with E-state index in [0.717, 1.165) is 0 Å². The lowest BCUT2D eigenvalue weighted by molar-refractivity contribution is 0.796. The van der Waals surface area contributed by atoms with E-state index in [0.29, 0.717) is 0 Å². The van der Waals surface area contributed by atoms with Gasteiger partial charge in [-0.25, -0.2) is 0 Å². The second-order valence-corrected chi connectivity index (χ2v) is 15.6. The first-order valence-corrected chi connectivity index (χ1v) is 19.3. The SMILES string of the molecule is c1ccc2c(c1)-c1cccc3c(-c4ccc(-c5ccc6cc7c(cc6c5)C5(c6ccccc6-c6ccccc65)c5cc6ccccc6cc5-7)cc4)ccc-2c13. The Labute approximate surface area is 319 Å². The van der Waals surface area contributed by atoms with Crippen molar-refractivity contribution >= 4 is 32.3 Å². The minimum absolute atomic E-state index is 0.380. The molecular formula is C55H32. The van der Waals surface area contributed by atoms with E-state index < -0.39 is 0 Å². The van der Waals surface area contributed by atoms with Crippen LogP contribution < -0.4 is 0 Å². The third-order valence-electron chi connectivity index (χ3n) is 13.0. The number of hydrogen-bond acceptors (Lipinski definition) is 0. The molecule has 0 aliphatic heterocycles. The van der Waals surface area contributed by atoms with Crippen LogP contribution in [0.1, 0.15) is 22.3 Å². The standard InChI is InChI=1S/C55H32/c1-2-11-36-31-52-48(29-35(36)10-1)49-30-38-25-24-37(28-39(38)32-53(49)55(52)50-18-7-5-14-43(50)44-15-6-8-19-51(44)55)33-20-22-34(23-21-33)40-26-27-47-42-13-4-3-12-41(42)46-17-9-16-45(40)54(46)47/h1-32H. The molecule has 252 valence electrons. The van der Waals surface area contributed by atoms with Crippen molar-refractivity contribution in [1.82, 2.24) is 0 Å². The van der Waals surface area contributed by atoms with Crippen molar-refractivity contribution in [3.8, 4) is 66.8 Å². The van der Waals surface area contributed by atoms with E-state index in [2.05, 4.69) is 194 Å². The summed E-state index contributed by atoms with van der Waals surface area (Å²) in [7, 11) is 0. The molecule has 0 fully saturated rings. The zero-order valence-corrected chi connectivity index (χ0v) is 30.0. The molecule has 13 rings (SSSR count). The Bertz CT molecular complexity index is 3230. The van der Waals surface area contributed by atoms with Crippen molar-refractivity contribution in [2.24, 2.45) is 0 Å². The van der Waals surface area contributed by atoms with Crippen LogP contribution in [0.25, 0.3) is 99.1 Å². The molecule has 0 saturated carbocycles. The molecule has 1 spiro atoms. The fourth-order valence-corrected chi connectivity index (χ4v) is 10.6. The Morgan fingerprint density at radius 1 is 0.236 bits per heavy atom. The van der Waals surface area contributed by atoms with Crippen molar-refractivity contribution in [2.45, 2.75) is 5.41 Å². The molecule has 3 aliphatic carbocycles. The summed E-state index contributed by atoms with van der Waals surface area (Å²) in [4.78, 5) is 0. The lowest BCUT2D eigenvalue weighted by Crippen LogP contribution is -2.25. The predicted molar refractivity (Wildman–Crippen MR) is 231 cm³/mol. The molecular weight excluding hydrogens is 661 g/mol. The molecule has 0 heterocycles. The second-order valence-electron chi connectivity index (χ2n) is 15.6. The monoisotopic (exact) mass is 692 g/mol. The largest absolute Gasteiger partial charge is 0.0725 e. The molecule has 10 aromatic rings. The van der Waals surface area contributed by atoms with Gasteiger partial charge in [-0.3, -0.25) is 0 Å². The number of rotatable bonds is 2. The molecule has 0 bridgehead atoms. The van der Waals surface area contributed by atoms with Gasteiger partial charge in [-0.1, -0.05) is 164 Å². The first kappa shape index (κ1) is 29.4. The summed E-state index contributed by atoms with van der Waals surface area (Å²) in [5.74, 6) is 0. The first-order valence-electron chi connectivity index (χ1n) is 19.3. The van der Waals surface area contributed by atoms with Crippen LogP contribution in [0, 0.1) is 0 Å². The highest BCUT2D eigenvalue weighted by Crippen LogP contribution is 2.63. The maximum Gasteiger partial charge on any atom is 0.0725 e. The van der Waals surface area contributed by atoms with Crippen molar-refractivity contribution in [1.29, 1.82) is 0 Å². The van der Waals surface area contributed by atoms with Crippen LogP contribution >= 0.6 is 0 Å². The van der Waals surface area contributed by atoms with Gasteiger partial charge in [0.05, 0.1) is 5.41 Å². The normalized spacial score (nSPS) is 13.6. The van der Waals surface area contributed by atoms with Gasteiger partial charge < -0.3 is 0 Å². The number of benzene rings is 10.